The average molecular weight is 537 g/mol. The van der Waals surface area contributed by atoms with Crippen molar-refractivity contribution in [1.82, 2.24) is 4.90 Å². The van der Waals surface area contributed by atoms with Gasteiger partial charge in [-0.2, -0.15) is 0 Å². The molecule has 2 unspecified atom stereocenters. The van der Waals surface area contributed by atoms with Gasteiger partial charge in [0, 0.05) is 30.4 Å². The maximum absolute atomic E-state index is 13.6. The number of allylic oxidation sites excluding steroid dienone is 1. The van der Waals surface area contributed by atoms with Crippen LogP contribution in [0.1, 0.15) is 41.3 Å². The predicted molar refractivity (Wildman–Crippen MR) is 142 cm³/mol. The maximum atomic E-state index is 13.6. The van der Waals surface area contributed by atoms with Crippen molar-refractivity contribution in [3.8, 4) is 11.5 Å². The summed E-state index contributed by atoms with van der Waals surface area (Å²) < 4.78 is 26.9. The highest BCUT2D eigenvalue weighted by Crippen LogP contribution is 2.46. The zero-order chi connectivity index (χ0) is 28.1. The molecule has 0 aromatic heterocycles. The zero-order valence-electron chi connectivity index (χ0n) is 22.7. The molecule has 2 aliphatic heterocycles. The van der Waals surface area contributed by atoms with Crippen molar-refractivity contribution in [3.05, 3.63) is 70.4 Å². The molecule has 39 heavy (non-hydrogen) atoms. The molecule has 2 aromatic carbocycles. The van der Waals surface area contributed by atoms with Crippen molar-refractivity contribution in [2.75, 3.05) is 41.2 Å². The standard InChI is InChI=1S/C29H32N2O8/c1-17-22(27(32)35-4)24(20-11-12-21-26(39-16-38-21)25(20)28(33)36-5)23(18(2)30-17)29(34)37-14-13-31(3)15-19-9-7-6-8-10-19/h6-12,22,24H,13-16H2,1-5H3. The van der Waals surface area contributed by atoms with Crippen LogP contribution in [0.15, 0.2) is 58.7 Å². The van der Waals surface area contributed by atoms with Crippen LogP contribution < -0.4 is 9.47 Å². The van der Waals surface area contributed by atoms with Gasteiger partial charge in [0.1, 0.15) is 18.1 Å². The van der Waals surface area contributed by atoms with E-state index in [1.807, 2.05) is 42.3 Å². The summed E-state index contributed by atoms with van der Waals surface area (Å²) in [5.41, 5.74) is 2.54. The van der Waals surface area contributed by atoms with Gasteiger partial charge in [0.2, 0.25) is 6.79 Å². The minimum absolute atomic E-state index is 0.0711. The van der Waals surface area contributed by atoms with Crippen molar-refractivity contribution in [3.63, 3.8) is 0 Å². The van der Waals surface area contributed by atoms with Crippen molar-refractivity contribution in [1.29, 1.82) is 0 Å². The van der Waals surface area contributed by atoms with Crippen LogP contribution >= 0.6 is 0 Å². The molecule has 0 aliphatic carbocycles. The summed E-state index contributed by atoms with van der Waals surface area (Å²) in [6.07, 6.45) is 0. The number of rotatable bonds is 9. The Bertz CT molecular complexity index is 1320. The lowest BCUT2D eigenvalue weighted by atomic mass is 9.74. The van der Waals surface area contributed by atoms with E-state index in [4.69, 9.17) is 23.7 Å². The highest BCUT2D eigenvalue weighted by atomic mass is 16.7. The number of likely N-dealkylation sites (N-methyl/N-ethyl adjacent to an activating group) is 1. The average Bonchev–Trinajstić information content (AvgIpc) is 3.40. The molecule has 2 aliphatic rings. The molecule has 0 fully saturated rings. The first-order valence-electron chi connectivity index (χ1n) is 12.5. The molecule has 0 saturated carbocycles. The van der Waals surface area contributed by atoms with E-state index in [0.717, 1.165) is 5.56 Å². The van der Waals surface area contributed by atoms with Crippen molar-refractivity contribution < 1.29 is 38.1 Å². The van der Waals surface area contributed by atoms with Crippen LogP contribution in [0.4, 0.5) is 0 Å². The zero-order valence-corrected chi connectivity index (χ0v) is 22.7. The van der Waals surface area contributed by atoms with Gasteiger partial charge in [0.25, 0.3) is 0 Å². The van der Waals surface area contributed by atoms with Crippen molar-refractivity contribution in [2.45, 2.75) is 26.3 Å². The summed E-state index contributed by atoms with van der Waals surface area (Å²) in [5.74, 6) is -3.29. The summed E-state index contributed by atoms with van der Waals surface area (Å²) >= 11 is 0. The fraction of sp³-hybridized carbons (Fsp3) is 0.379. The van der Waals surface area contributed by atoms with Crippen LogP contribution in [0.5, 0.6) is 11.5 Å². The number of benzene rings is 2. The molecule has 0 amide bonds. The van der Waals surface area contributed by atoms with Crippen molar-refractivity contribution >= 4 is 23.6 Å². The van der Waals surface area contributed by atoms with E-state index < -0.39 is 29.7 Å². The molecule has 206 valence electrons. The SMILES string of the molecule is COC(=O)c1c(C2C(C(=O)OCCN(C)Cc3ccccc3)=C(C)N=C(C)C2C(=O)OC)ccc2c1OCO2. The summed E-state index contributed by atoms with van der Waals surface area (Å²) in [5, 5.41) is 0. The van der Waals surface area contributed by atoms with Gasteiger partial charge in [-0.25, -0.2) is 9.59 Å². The van der Waals surface area contributed by atoms with Crippen LogP contribution in [-0.2, 0) is 30.3 Å². The monoisotopic (exact) mass is 536 g/mol. The summed E-state index contributed by atoms with van der Waals surface area (Å²) in [7, 11) is 4.44. The maximum Gasteiger partial charge on any atom is 0.342 e. The van der Waals surface area contributed by atoms with Crippen molar-refractivity contribution in [2.24, 2.45) is 10.9 Å². The molecule has 2 aromatic rings. The number of carbonyl (C=O) groups excluding carboxylic acids is 3. The number of hydrogen-bond acceptors (Lipinski definition) is 10. The summed E-state index contributed by atoms with van der Waals surface area (Å²) in [6.45, 7) is 4.57. The van der Waals surface area contributed by atoms with Gasteiger partial charge in [0.05, 0.1) is 19.8 Å². The Morgan fingerprint density at radius 2 is 1.74 bits per heavy atom. The van der Waals surface area contributed by atoms with Gasteiger partial charge >= 0.3 is 17.9 Å². The minimum atomic E-state index is -0.981. The lowest BCUT2D eigenvalue weighted by molar-refractivity contribution is -0.144. The van der Waals surface area contributed by atoms with E-state index in [1.165, 1.54) is 14.2 Å². The number of carbonyl (C=O) groups is 3. The van der Waals surface area contributed by atoms with Gasteiger partial charge in [-0.15, -0.1) is 0 Å². The van der Waals surface area contributed by atoms with Crippen LogP contribution in [0.3, 0.4) is 0 Å². The molecular formula is C29H32N2O8. The van der Waals surface area contributed by atoms with E-state index in [-0.39, 0.29) is 30.3 Å². The first kappa shape index (κ1) is 27.8. The van der Waals surface area contributed by atoms with E-state index in [0.29, 0.717) is 35.8 Å². The smallest absolute Gasteiger partial charge is 0.342 e. The number of nitrogens with zero attached hydrogens (tertiary/aromatic N) is 2. The van der Waals surface area contributed by atoms with E-state index in [1.54, 1.807) is 26.0 Å². The second kappa shape index (κ2) is 12.1. The predicted octanol–water partition coefficient (Wildman–Crippen LogP) is 3.50. The molecule has 2 atom stereocenters. The molecule has 0 bridgehead atoms. The number of hydrogen-bond donors (Lipinski definition) is 0. The van der Waals surface area contributed by atoms with Gasteiger partial charge in [-0.3, -0.25) is 14.7 Å². The third kappa shape index (κ3) is 5.80. The van der Waals surface area contributed by atoms with E-state index in [2.05, 4.69) is 4.99 Å². The molecule has 0 N–H and O–H groups in total. The number of esters is 3. The molecule has 0 saturated heterocycles. The van der Waals surface area contributed by atoms with E-state index >= 15 is 0 Å². The normalized spacial score (nSPS) is 18.1. The molecule has 10 heteroatoms. The Balaban J connectivity index is 1.67. The Hall–Kier alpha value is -4.18. The Morgan fingerprint density at radius 3 is 2.44 bits per heavy atom. The highest BCUT2D eigenvalue weighted by molar-refractivity contribution is 6.08. The van der Waals surface area contributed by atoms with E-state index in [9.17, 15) is 14.4 Å². The Kier molecular flexibility index (Phi) is 8.65. The number of aliphatic imine (C=N–C) groups is 1. The van der Waals surface area contributed by atoms with Crippen LogP contribution in [-0.4, -0.2) is 69.7 Å². The van der Waals surface area contributed by atoms with Gasteiger partial charge in [0.15, 0.2) is 11.5 Å². The third-order valence-corrected chi connectivity index (χ3v) is 6.80. The lowest BCUT2D eigenvalue weighted by Crippen LogP contribution is -2.37. The molecule has 4 rings (SSSR count). The molecular weight excluding hydrogens is 504 g/mol. The van der Waals surface area contributed by atoms with Crippen LogP contribution in [0.2, 0.25) is 0 Å². The van der Waals surface area contributed by atoms with Crippen LogP contribution in [0.25, 0.3) is 0 Å². The molecule has 0 spiro atoms. The number of ether oxygens (including phenoxy) is 5. The van der Waals surface area contributed by atoms with Gasteiger partial charge in [-0.05, 0) is 38.1 Å². The summed E-state index contributed by atoms with van der Waals surface area (Å²) in [4.78, 5) is 46.1. The first-order valence-corrected chi connectivity index (χ1v) is 12.5. The molecule has 10 nitrogen and oxygen atoms in total. The number of fused-ring (bicyclic) bond motifs is 1. The molecule has 0 radical (unpaired) electrons. The highest BCUT2D eigenvalue weighted by Gasteiger charge is 2.45. The van der Waals surface area contributed by atoms with Crippen LogP contribution in [0, 0.1) is 5.92 Å². The molecule has 2 heterocycles. The second-order valence-electron chi connectivity index (χ2n) is 9.35. The Morgan fingerprint density at radius 1 is 1.00 bits per heavy atom. The summed E-state index contributed by atoms with van der Waals surface area (Å²) in [6, 6.07) is 13.2. The third-order valence-electron chi connectivity index (χ3n) is 6.80. The first-order chi connectivity index (χ1) is 18.8. The van der Waals surface area contributed by atoms with Gasteiger partial charge in [-0.1, -0.05) is 36.4 Å². The second-order valence-corrected chi connectivity index (χ2v) is 9.35. The van der Waals surface area contributed by atoms with Gasteiger partial charge < -0.3 is 23.7 Å². The largest absolute Gasteiger partial charge is 0.468 e. The Labute approximate surface area is 227 Å². The minimum Gasteiger partial charge on any atom is -0.468 e. The topological polar surface area (TPSA) is 113 Å². The number of methoxy groups -OCH3 is 2. The fourth-order valence-corrected chi connectivity index (χ4v) is 4.98. The quantitative estimate of drug-likeness (QED) is 0.351. The fourth-order valence-electron chi connectivity index (χ4n) is 4.98. The lowest BCUT2D eigenvalue weighted by Gasteiger charge is -2.32.